The highest BCUT2D eigenvalue weighted by Gasteiger charge is 2.30. The number of amides is 2. The van der Waals surface area contributed by atoms with E-state index in [0.29, 0.717) is 9.26 Å². The Morgan fingerprint density at radius 3 is 2.63 bits per heavy atom. The first kappa shape index (κ1) is 15.6. The van der Waals surface area contributed by atoms with Gasteiger partial charge in [0.1, 0.15) is 5.82 Å². The Labute approximate surface area is 122 Å². The van der Waals surface area contributed by atoms with Gasteiger partial charge < -0.3 is 20.8 Å². The van der Waals surface area contributed by atoms with E-state index in [-0.39, 0.29) is 0 Å². The fourth-order valence-corrected chi connectivity index (χ4v) is 1.70. The van der Waals surface area contributed by atoms with Crippen LogP contribution in [0.3, 0.4) is 0 Å². The molecular weight excluding hydrogens is 370 g/mol. The second kappa shape index (κ2) is 6.15. The van der Waals surface area contributed by atoms with Gasteiger partial charge in [0.15, 0.2) is 5.60 Å². The highest BCUT2D eigenvalue weighted by molar-refractivity contribution is 14.1. The summed E-state index contributed by atoms with van der Waals surface area (Å²) < 4.78 is 13.3. The number of carbonyl (C=O) groups excluding carboxylic acids is 1. The lowest BCUT2D eigenvalue weighted by atomic mass is 10.1. The number of nitrogens with one attached hydrogen (secondary N) is 2. The van der Waals surface area contributed by atoms with Crippen molar-refractivity contribution in [2.45, 2.75) is 12.5 Å². The number of hydrogen-bond donors (Lipinski definition) is 4. The molecule has 0 saturated carbocycles. The zero-order valence-electron chi connectivity index (χ0n) is 9.91. The summed E-state index contributed by atoms with van der Waals surface area (Å²) in [4.78, 5) is 22.1. The SMILES string of the molecule is CC(O)(CNC(=O)Nc1ccc(F)cc1I)C(=O)O. The van der Waals surface area contributed by atoms with E-state index in [1.807, 2.05) is 22.6 Å². The Balaban J connectivity index is 2.59. The number of anilines is 1. The van der Waals surface area contributed by atoms with Gasteiger partial charge in [-0.25, -0.2) is 14.0 Å². The molecule has 19 heavy (non-hydrogen) atoms. The average Bonchev–Trinajstić information content (AvgIpc) is 2.30. The Bertz CT molecular complexity index is 507. The Morgan fingerprint density at radius 1 is 1.47 bits per heavy atom. The van der Waals surface area contributed by atoms with Gasteiger partial charge in [0.05, 0.1) is 12.2 Å². The maximum Gasteiger partial charge on any atom is 0.337 e. The lowest BCUT2D eigenvalue weighted by molar-refractivity contribution is -0.155. The monoisotopic (exact) mass is 382 g/mol. The van der Waals surface area contributed by atoms with Gasteiger partial charge in [-0.3, -0.25) is 0 Å². The molecule has 104 valence electrons. The molecule has 8 heteroatoms. The van der Waals surface area contributed by atoms with Crippen molar-refractivity contribution in [1.82, 2.24) is 5.32 Å². The van der Waals surface area contributed by atoms with Crippen LogP contribution in [0.2, 0.25) is 0 Å². The zero-order valence-corrected chi connectivity index (χ0v) is 12.1. The maximum absolute atomic E-state index is 12.8. The quantitative estimate of drug-likeness (QED) is 0.592. The molecule has 0 aliphatic carbocycles. The first-order valence-electron chi connectivity index (χ1n) is 5.18. The van der Waals surface area contributed by atoms with Crippen molar-refractivity contribution in [3.05, 3.63) is 27.6 Å². The number of aliphatic hydroxyl groups is 1. The summed E-state index contributed by atoms with van der Waals surface area (Å²) in [6.07, 6.45) is 0. The number of carboxylic acids is 1. The number of halogens is 2. The van der Waals surface area contributed by atoms with Crippen LogP contribution >= 0.6 is 22.6 Å². The molecule has 0 bridgehead atoms. The Kier molecular flexibility index (Phi) is 5.06. The lowest BCUT2D eigenvalue weighted by Crippen LogP contribution is -2.47. The highest BCUT2D eigenvalue weighted by atomic mass is 127. The second-order valence-corrected chi connectivity index (χ2v) is 5.17. The average molecular weight is 382 g/mol. The Morgan fingerprint density at radius 2 is 2.11 bits per heavy atom. The molecular formula is C11H12FIN2O4. The molecule has 1 rings (SSSR count). The predicted molar refractivity (Wildman–Crippen MR) is 74.4 cm³/mol. The van der Waals surface area contributed by atoms with Crippen molar-refractivity contribution < 1.29 is 24.2 Å². The van der Waals surface area contributed by atoms with Crippen molar-refractivity contribution in [2.24, 2.45) is 0 Å². The summed E-state index contributed by atoms with van der Waals surface area (Å²) in [6.45, 7) is 0.614. The molecule has 4 N–H and O–H groups in total. The smallest absolute Gasteiger partial charge is 0.337 e. The van der Waals surface area contributed by atoms with Crippen LogP contribution in [0.15, 0.2) is 18.2 Å². The van der Waals surface area contributed by atoms with Gasteiger partial charge in [-0.15, -0.1) is 0 Å². The van der Waals surface area contributed by atoms with Crippen LogP contribution in [-0.2, 0) is 4.79 Å². The minimum absolute atomic E-state index is 0.384. The third kappa shape index (κ3) is 4.63. The van der Waals surface area contributed by atoms with E-state index in [9.17, 15) is 19.1 Å². The molecule has 0 aromatic heterocycles. The van der Waals surface area contributed by atoms with E-state index < -0.39 is 30.0 Å². The number of urea groups is 1. The fraction of sp³-hybridized carbons (Fsp3) is 0.273. The molecule has 2 amide bonds. The van der Waals surface area contributed by atoms with Gasteiger partial charge in [-0.05, 0) is 47.7 Å². The van der Waals surface area contributed by atoms with Crippen LogP contribution in [0.4, 0.5) is 14.9 Å². The standard InChI is InChI=1S/C11H12FIN2O4/c1-11(19,9(16)17)5-14-10(18)15-8-3-2-6(12)4-7(8)13/h2-4,19H,5H2,1H3,(H,16,17)(H2,14,15,18). The fourth-order valence-electron chi connectivity index (χ4n) is 1.09. The number of carboxylic acid groups (broad SMARTS) is 1. The van der Waals surface area contributed by atoms with Crippen molar-refractivity contribution in [2.75, 3.05) is 11.9 Å². The van der Waals surface area contributed by atoms with E-state index >= 15 is 0 Å². The largest absolute Gasteiger partial charge is 0.479 e. The van der Waals surface area contributed by atoms with Crippen molar-refractivity contribution in [1.29, 1.82) is 0 Å². The van der Waals surface area contributed by atoms with Crippen LogP contribution in [-0.4, -0.2) is 34.4 Å². The van der Waals surface area contributed by atoms with E-state index in [4.69, 9.17) is 5.11 Å². The van der Waals surface area contributed by atoms with E-state index in [1.54, 1.807) is 0 Å². The van der Waals surface area contributed by atoms with Crippen LogP contribution in [0.1, 0.15) is 6.92 Å². The van der Waals surface area contributed by atoms with Gasteiger partial charge in [0.2, 0.25) is 0 Å². The molecule has 6 nitrogen and oxygen atoms in total. The molecule has 1 aromatic carbocycles. The normalized spacial score (nSPS) is 13.5. The van der Waals surface area contributed by atoms with Crippen LogP contribution in [0.5, 0.6) is 0 Å². The summed E-state index contributed by atoms with van der Waals surface area (Å²) in [7, 11) is 0. The second-order valence-electron chi connectivity index (χ2n) is 4.01. The van der Waals surface area contributed by atoms with Crippen LogP contribution in [0, 0.1) is 9.39 Å². The molecule has 0 aliphatic heterocycles. The highest BCUT2D eigenvalue weighted by Crippen LogP contribution is 2.18. The van der Waals surface area contributed by atoms with Gasteiger partial charge in [0.25, 0.3) is 0 Å². The zero-order chi connectivity index (χ0) is 14.6. The molecule has 0 spiro atoms. The molecule has 0 saturated heterocycles. The first-order valence-corrected chi connectivity index (χ1v) is 6.26. The number of rotatable bonds is 4. The molecule has 0 radical (unpaired) electrons. The lowest BCUT2D eigenvalue weighted by Gasteiger charge is -2.18. The van der Waals surface area contributed by atoms with E-state index in [0.717, 1.165) is 6.92 Å². The first-order chi connectivity index (χ1) is 8.72. The maximum atomic E-state index is 12.8. The molecule has 1 aromatic rings. The number of benzene rings is 1. The summed E-state index contributed by atoms with van der Waals surface area (Å²) in [5, 5.41) is 22.7. The minimum Gasteiger partial charge on any atom is -0.479 e. The van der Waals surface area contributed by atoms with E-state index in [2.05, 4.69) is 10.6 Å². The summed E-state index contributed by atoms with van der Waals surface area (Å²) >= 11 is 1.85. The Hall–Kier alpha value is -1.42. The third-order valence-electron chi connectivity index (χ3n) is 2.23. The van der Waals surface area contributed by atoms with Crippen molar-refractivity contribution >= 4 is 40.3 Å². The predicted octanol–water partition coefficient (Wildman–Crippen LogP) is 1.39. The molecule has 0 aliphatic rings. The number of aliphatic carboxylic acids is 1. The molecule has 0 fully saturated rings. The molecule has 1 unspecified atom stereocenters. The summed E-state index contributed by atoms with van der Waals surface area (Å²) in [6, 6.07) is 3.12. The molecule has 0 heterocycles. The topological polar surface area (TPSA) is 98.7 Å². The number of carbonyl (C=O) groups is 2. The molecule has 1 atom stereocenters. The summed E-state index contributed by atoms with van der Waals surface area (Å²) in [5.41, 5.74) is -1.66. The van der Waals surface area contributed by atoms with Gasteiger partial charge in [-0.2, -0.15) is 0 Å². The van der Waals surface area contributed by atoms with Gasteiger partial charge in [0, 0.05) is 3.57 Å². The third-order valence-corrected chi connectivity index (χ3v) is 3.13. The summed E-state index contributed by atoms with van der Waals surface area (Å²) in [5.74, 6) is -1.87. The van der Waals surface area contributed by atoms with Gasteiger partial charge in [-0.1, -0.05) is 0 Å². The number of hydrogen-bond acceptors (Lipinski definition) is 3. The van der Waals surface area contributed by atoms with Crippen LogP contribution in [0.25, 0.3) is 0 Å². The van der Waals surface area contributed by atoms with Gasteiger partial charge >= 0.3 is 12.0 Å². The minimum atomic E-state index is -2.05. The van der Waals surface area contributed by atoms with E-state index in [1.165, 1.54) is 18.2 Å². The van der Waals surface area contributed by atoms with Crippen LogP contribution < -0.4 is 10.6 Å². The van der Waals surface area contributed by atoms with Crippen molar-refractivity contribution in [3.63, 3.8) is 0 Å². The van der Waals surface area contributed by atoms with Crippen molar-refractivity contribution in [3.8, 4) is 0 Å².